The lowest BCUT2D eigenvalue weighted by Crippen LogP contribution is -2.01. The molecule has 0 atom stereocenters. The number of hydrogen-bond donors (Lipinski definition) is 2. The van der Waals surface area contributed by atoms with Crippen molar-refractivity contribution in [3.05, 3.63) is 103 Å². The largest absolute Gasteiger partial charge is 0.508 e. The van der Waals surface area contributed by atoms with Gasteiger partial charge in [0.25, 0.3) is 0 Å². The van der Waals surface area contributed by atoms with Crippen molar-refractivity contribution >= 4 is 0 Å². The number of rotatable bonds is 2. The first-order valence-electron chi connectivity index (χ1n) is 7.31. The number of benzene rings is 3. The Morgan fingerprint density at radius 1 is 0.591 bits per heavy atom. The summed E-state index contributed by atoms with van der Waals surface area (Å²) < 4.78 is 0. The first-order valence-corrected chi connectivity index (χ1v) is 7.31. The SMILES string of the molecule is NCCc1ccc(O)cc1.c1ccccc1.c1ccccc1. The molecule has 0 amide bonds. The second-order valence-corrected chi connectivity index (χ2v) is 4.51. The summed E-state index contributed by atoms with van der Waals surface area (Å²) in [5.74, 6) is 0.306. The van der Waals surface area contributed by atoms with Crippen LogP contribution in [0.4, 0.5) is 0 Å². The molecule has 3 aromatic rings. The molecule has 114 valence electrons. The Labute approximate surface area is 132 Å². The minimum Gasteiger partial charge on any atom is -0.508 e. The fourth-order valence-electron chi connectivity index (χ4n) is 1.60. The molecular formula is C20H23NO. The minimum absolute atomic E-state index is 0.306. The number of aromatic hydroxyl groups is 1. The molecule has 0 bridgehead atoms. The molecule has 0 heterocycles. The number of phenols is 1. The Morgan fingerprint density at radius 3 is 1.18 bits per heavy atom. The third-order valence-corrected chi connectivity index (χ3v) is 2.70. The summed E-state index contributed by atoms with van der Waals surface area (Å²) in [6.45, 7) is 0.658. The Kier molecular flexibility index (Phi) is 9.68. The molecule has 0 aliphatic heterocycles. The fraction of sp³-hybridized carbons (Fsp3) is 0.100. The van der Waals surface area contributed by atoms with Crippen molar-refractivity contribution in [1.29, 1.82) is 0 Å². The Balaban J connectivity index is 0.000000174. The van der Waals surface area contributed by atoms with E-state index in [1.54, 1.807) is 12.1 Å². The van der Waals surface area contributed by atoms with E-state index in [9.17, 15) is 0 Å². The maximum absolute atomic E-state index is 8.89. The molecular weight excluding hydrogens is 270 g/mol. The van der Waals surface area contributed by atoms with Gasteiger partial charge in [-0.3, -0.25) is 0 Å². The first-order chi connectivity index (χ1) is 10.8. The highest BCUT2D eigenvalue weighted by Crippen LogP contribution is 2.09. The topological polar surface area (TPSA) is 46.2 Å². The van der Waals surface area contributed by atoms with Gasteiger partial charge in [0.1, 0.15) is 5.75 Å². The van der Waals surface area contributed by atoms with Crippen molar-refractivity contribution in [3.63, 3.8) is 0 Å². The lowest BCUT2D eigenvalue weighted by molar-refractivity contribution is 0.475. The molecule has 0 saturated heterocycles. The average molecular weight is 293 g/mol. The van der Waals surface area contributed by atoms with E-state index in [-0.39, 0.29) is 0 Å². The zero-order valence-corrected chi connectivity index (χ0v) is 12.7. The van der Waals surface area contributed by atoms with Crippen molar-refractivity contribution in [2.24, 2.45) is 5.73 Å². The lowest BCUT2D eigenvalue weighted by atomic mass is 10.1. The number of phenolic OH excluding ortho intramolecular Hbond substituents is 1. The van der Waals surface area contributed by atoms with Gasteiger partial charge in [0, 0.05) is 0 Å². The molecule has 0 fully saturated rings. The molecule has 2 nitrogen and oxygen atoms in total. The van der Waals surface area contributed by atoms with Gasteiger partial charge in [0.2, 0.25) is 0 Å². The van der Waals surface area contributed by atoms with E-state index in [1.807, 2.05) is 84.9 Å². The normalized spacial score (nSPS) is 8.77. The molecule has 0 aliphatic rings. The van der Waals surface area contributed by atoms with Crippen LogP contribution in [0.5, 0.6) is 5.75 Å². The third kappa shape index (κ3) is 9.34. The van der Waals surface area contributed by atoms with E-state index in [0.29, 0.717) is 12.3 Å². The van der Waals surface area contributed by atoms with Crippen LogP contribution in [-0.4, -0.2) is 11.7 Å². The summed E-state index contributed by atoms with van der Waals surface area (Å²) in [6.07, 6.45) is 0.875. The average Bonchev–Trinajstić information content (AvgIpc) is 2.61. The molecule has 0 aliphatic carbocycles. The molecule has 0 unspecified atom stereocenters. The number of nitrogens with two attached hydrogens (primary N) is 1. The predicted molar refractivity (Wildman–Crippen MR) is 93.7 cm³/mol. The van der Waals surface area contributed by atoms with Crippen LogP contribution in [-0.2, 0) is 6.42 Å². The van der Waals surface area contributed by atoms with E-state index < -0.39 is 0 Å². The van der Waals surface area contributed by atoms with Crippen LogP contribution in [0.15, 0.2) is 97.1 Å². The van der Waals surface area contributed by atoms with Gasteiger partial charge in [0.15, 0.2) is 0 Å². The third-order valence-electron chi connectivity index (χ3n) is 2.70. The maximum atomic E-state index is 8.89. The Morgan fingerprint density at radius 2 is 0.909 bits per heavy atom. The second-order valence-electron chi connectivity index (χ2n) is 4.51. The van der Waals surface area contributed by atoms with E-state index in [4.69, 9.17) is 10.8 Å². The molecule has 0 saturated carbocycles. The van der Waals surface area contributed by atoms with Gasteiger partial charge in [0.05, 0.1) is 0 Å². The van der Waals surface area contributed by atoms with Gasteiger partial charge in [-0.1, -0.05) is 84.9 Å². The first kappa shape index (κ1) is 17.5. The van der Waals surface area contributed by atoms with Gasteiger partial charge in [-0.05, 0) is 30.7 Å². The molecule has 3 aromatic carbocycles. The smallest absolute Gasteiger partial charge is 0.115 e. The molecule has 3 rings (SSSR count). The molecule has 0 aromatic heterocycles. The fourth-order valence-corrected chi connectivity index (χ4v) is 1.60. The summed E-state index contributed by atoms with van der Waals surface area (Å²) in [4.78, 5) is 0. The molecule has 22 heavy (non-hydrogen) atoms. The lowest BCUT2D eigenvalue weighted by Gasteiger charge is -1.96. The van der Waals surface area contributed by atoms with E-state index in [1.165, 1.54) is 5.56 Å². The predicted octanol–water partition coefficient (Wildman–Crippen LogP) is 4.27. The highest BCUT2D eigenvalue weighted by Gasteiger charge is 1.89. The van der Waals surface area contributed by atoms with E-state index in [2.05, 4.69) is 0 Å². The summed E-state index contributed by atoms with van der Waals surface area (Å²) in [6, 6.07) is 31.1. The van der Waals surface area contributed by atoms with Crippen LogP contribution in [0.1, 0.15) is 5.56 Å². The van der Waals surface area contributed by atoms with Crippen LogP contribution in [0.2, 0.25) is 0 Å². The van der Waals surface area contributed by atoms with Crippen molar-refractivity contribution in [1.82, 2.24) is 0 Å². The molecule has 3 N–H and O–H groups in total. The highest BCUT2D eigenvalue weighted by atomic mass is 16.3. The summed E-state index contributed by atoms with van der Waals surface area (Å²) in [5.41, 5.74) is 6.50. The van der Waals surface area contributed by atoms with Gasteiger partial charge in [-0.15, -0.1) is 0 Å². The van der Waals surface area contributed by atoms with Gasteiger partial charge >= 0.3 is 0 Å². The minimum atomic E-state index is 0.306. The van der Waals surface area contributed by atoms with Crippen LogP contribution >= 0.6 is 0 Å². The maximum Gasteiger partial charge on any atom is 0.115 e. The van der Waals surface area contributed by atoms with E-state index in [0.717, 1.165) is 6.42 Å². The van der Waals surface area contributed by atoms with Crippen LogP contribution in [0.25, 0.3) is 0 Å². The van der Waals surface area contributed by atoms with Gasteiger partial charge < -0.3 is 10.8 Å². The zero-order chi connectivity index (χ0) is 15.9. The standard InChI is InChI=1S/C8H11NO.2C6H6/c9-6-5-7-1-3-8(10)4-2-7;2*1-2-4-6-5-3-1/h1-4,10H,5-6,9H2;2*1-6H. The highest BCUT2D eigenvalue weighted by molar-refractivity contribution is 5.25. The Hall–Kier alpha value is -2.58. The van der Waals surface area contributed by atoms with Gasteiger partial charge in [-0.25, -0.2) is 0 Å². The second kappa shape index (κ2) is 12.2. The monoisotopic (exact) mass is 293 g/mol. The van der Waals surface area contributed by atoms with Crippen LogP contribution in [0, 0.1) is 0 Å². The van der Waals surface area contributed by atoms with Crippen LogP contribution in [0.3, 0.4) is 0 Å². The van der Waals surface area contributed by atoms with E-state index >= 15 is 0 Å². The molecule has 2 heteroatoms. The summed E-state index contributed by atoms with van der Waals surface area (Å²) in [7, 11) is 0. The van der Waals surface area contributed by atoms with Crippen molar-refractivity contribution in [3.8, 4) is 5.75 Å². The molecule has 0 spiro atoms. The summed E-state index contributed by atoms with van der Waals surface area (Å²) in [5, 5.41) is 8.89. The quantitative estimate of drug-likeness (QED) is 0.741. The van der Waals surface area contributed by atoms with Crippen LogP contribution < -0.4 is 5.73 Å². The molecule has 0 radical (unpaired) electrons. The van der Waals surface area contributed by atoms with Crippen molar-refractivity contribution < 1.29 is 5.11 Å². The summed E-state index contributed by atoms with van der Waals surface area (Å²) >= 11 is 0. The van der Waals surface area contributed by atoms with Crippen molar-refractivity contribution in [2.75, 3.05) is 6.54 Å². The van der Waals surface area contributed by atoms with Crippen molar-refractivity contribution in [2.45, 2.75) is 6.42 Å². The number of hydrogen-bond acceptors (Lipinski definition) is 2. The Bertz CT molecular complexity index is 480. The van der Waals surface area contributed by atoms with Gasteiger partial charge in [-0.2, -0.15) is 0 Å². The zero-order valence-electron chi connectivity index (χ0n) is 12.7.